The fraction of sp³-hybridized carbons (Fsp3) is 0.741. The van der Waals surface area contributed by atoms with E-state index in [0.29, 0.717) is 38.4 Å². The van der Waals surface area contributed by atoms with Gasteiger partial charge in [-0.2, -0.15) is 0 Å². The summed E-state index contributed by atoms with van der Waals surface area (Å²) in [5.41, 5.74) is 0.801. The highest BCUT2D eigenvalue weighted by atomic mass is 16.5. The number of carbonyl (C=O) groups is 3. The van der Waals surface area contributed by atoms with E-state index in [2.05, 4.69) is 20.1 Å². The number of esters is 2. The summed E-state index contributed by atoms with van der Waals surface area (Å²) in [5.74, 6) is 0.332. The van der Waals surface area contributed by atoms with E-state index < -0.39 is 5.41 Å². The number of carbonyl (C=O) groups excluding carboxylic acids is 3. The van der Waals surface area contributed by atoms with Gasteiger partial charge < -0.3 is 9.47 Å². The zero-order valence-corrected chi connectivity index (χ0v) is 20.0. The van der Waals surface area contributed by atoms with Crippen molar-refractivity contribution in [1.29, 1.82) is 0 Å². The third-order valence-electron chi connectivity index (χ3n) is 9.57. The summed E-state index contributed by atoms with van der Waals surface area (Å²) in [4.78, 5) is 38.2. The molecule has 0 radical (unpaired) electrons. The lowest BCUT2D eigenvalue weighted by atomic mass is 9.35. The Kier molecular flexibility index (Phi) is 5.92. The lowest BCUT2D eigenvalue weighted by molar-refractivity contribution is -0.202. The topological polar surface area (TPSA) is 69.7 Å². The van der Waals surface area contributed by atoms with E-state index in [0.717, 1.165) is 49.7 Å². The van der Waals surface area contributed by atoms with Gasteiger partial charge in [0.2, 0.25) is 0 Å². The first-order valence-corrected chi connectivity index (χ1v) is 12.4. The van der Waals surface area contributed by atoms with Crippen LogP contribution in [0.4, 0.5) is 0 Å². The minimum absolute atomic E-state index is 0.0154. The molecule has 5 aliphatic carbocycles. The zero-order valence-electron chi connectivity index (χ0n) is 20.0. The fourth-order valence-corrected chi connectivity index (χ4v) is 7.83. The minimum Gasteiger partial charge on any atom is -0.465 e. The molecule has 2 bridgehead atoms. The van der Waals surface area contributed by atoms with Gasteiger partial charge in [-0.25, -0.2) is 0 Å². The molecule has 5 nitrogen and oxygen atoms in total. The van der Waals surface area contributed by atoms with Gasteiger partial charge >= 0.3 is 11.9 Å². The molecule has 2 unspecified atom stereocenters. The molecule has 0 aromatic heterocycles. The summed E-state index contributed by atoms with van der Waals surface area (Å²) < 4.78 is 11.5. The fourth-order valence-electron chi connectivity index (χ4n) is 7.83. The van der Waals surface area contributed by atoms with Crippen molar-refractivity contribution in [2.45, 2.75) is 78.6 Å². The molecular formula is C27H38O5. The van der Waals surface area contributed by atoms with Crippen LogP contribution in [0, 0.1) is 34.0 Å². The predicted octanol–water partition coefficient (Wildman–Crippen LogP) is 5.19. The highest BCUT2D eigenvalue weighted by molar-refractivity contribution is 5.92. The molecule has 0 heterocycles. The average Bonchev–Trinajstić information content (AvgIpc) is 2.80. The van der Waals surface area contributed by atoms with Gasteiger partial charge in [-0.05, 0) is 61.0 Å². The number of ketones is 1. The molecule has 0 saturated heterocycles. The standard InChI is InChI=1S/C27H38O5/c1-6-23(29)31-15-25(5)10-8-11-26(16-32-24(30)7-2)20(25)14-22(28)27-12-9-19(13-21(26)27)17(3)18(27)4/h19-21H,3-4,6-16H2,1-2,5H3/t19-,20?,21?,25-,26-,27+/m0/s1. The number of hydrogen-bond donors (Lipinski definition) is 0. The molecule has 176 valence electrons. The quantitative estimate of drug-likeness (QED) is 0.530. The molecule has 32 heavy (non-hydrogen) atoms. The van der Waals surface area contributed by atoms with Crippen molar-refractivity contribution in [3.05, 3.63) is 24.3 Å². The van der Waals surface area contributed by atoms with Crippen LogP contribution in [0.15, 0.2) is 24.3 Å². The number of rotatable bonds is 6. The normalized spacial score (nSPS) is 40.5. The molecular weight excluding hydrogens is 404 g/mol. The first-order valence-electron chi connectivity index (χ1n) is 12.4. The predicted molar refractivity (Wildman–Crippen MR) is 122 cm³/mol. The maximum absolute atomic E-state index is 13.9. The molecule has 5 fully saturated rings. The lowest BCUT2D eigenvalue weighted by Crippen LogP contribution is -2.66. The molecule has 5 rings (SSSR count). The highest BCUT2D eigenvalue weighted by Gasteiger charge is 2.70. The molecule has 0 amide bonds. The monoisotopic (exact) mass is 442 g/mol. The van der Waals surface area contributed by atoms with Crippen LogP contribution in [0.25, 0.3) is 0 Å². The second-order valence-electron chi connectivity index (χ2n) is 10.9. The molecule has 5 saturated carbocycles. The summed E-state index contributed by atoms with van der Waals surface area (Å²) in [6, 6.07) is 0. The summed E-state index contributed by atoms with van der Waals surface area (Å²) >= 11 is 0. The summed E-state index contributed by atoms with van der Waals surface area (Å²) in [7, 11) is 0. The van der Waals surface area contributed by atoms with Crippen molar-refractivity contribution >= 4 is 17.7 Å². The number of ether oxygens (including phenoxy) is 2. The lowest BCUT2D eigenvalue weighted by Gasteiger charge is -2.68. The van der Waals surface area contributed by atoms with Crippen LogP contribution in [0.1, 0.15) is 78.6 Å². The average molecular weight is 443 g/mol. The van der Waals surface area contributed by atoms with Crippen molar-refractivity contribution in [3.63, 3.8) is 0 Å². The SMILES string of the molecule is C=C1C(=C)[C@]23CC[C@H]1CC2[C@]1(COC(=O)CC)CCC[C@@](C)(COC(=O)CC)C1CC3=O. The van der Waals surface area contributed by atoms with E-state index in [1.807, 2.05) is 6.92 Å². The van der Waals surface area contributed by atoms with E-state index in [4.69, 9.17) is 9.47 Å². The third kappa shape index (κ3) is 3.21. The molecule has 0 aliphatic heterocycles. The Hall–Kier alpha value is -1.91. The maximum Gasteiger partial charge on any atom is 0.305 e. The van der Waals surface area contributed by atoms with Gasteiger partial charge in [-0.15, -0.1) is 0 Å². The van der Waals surface area contributed by atoms with Crippen LogP contribution in [-0.4, -0.2) is 30.9 Å². The Morgan fingerprint density at radius 3 is 2.31 bits per heavy atom. The van der Waals surface area contributed by atoms with Crippen LogP contribution in [0.5, 0.6) is 0 Å². The Labute approximate surface area is 192 Å². The number of hydrogen-bond acceptors (Lipinski definition) is 5. The largest absolute Gasteiger partial charge is 0.465 e. The summed E-state index contributed by atoms with van der Waals surface area (Å²) in [6.45, 7) is 15.1. The van der Waals surface area contributed by atoms with E-state index >= 15 is 0 Å². The second kappa shape index (κ2) is 8.14. The van der Waals surface area contributed by atoms with Gasteiger partial charge in [0.1, 0.15) is 5.78 Å². The zero-order chi connectivity index (χ0) is 23.3. The molecule has 5 heteroatoms. The second-order valence-corrected chi connectivity index (χ2v) is 10.9. The van der Waals surface area contributed by atoms with Gasteiger partial charge in [0.15, 0.2) is 0 Å². The number of Topliss-reactive ketones (excluding diaryl/α,β-unsaturated/α-hetero) is 1. The van der Waals surface area contributed by atoms with Crippen molar-refractivity contribution in [1.82, 2.24) is 0 Å². The maximum atomic E-state index is 13.9. The molecule has 1 spiro atoms. The third-order valence-corrected chi connectivity index (χ3v) is 9.57. The van der Waals surface area contributed by atoms with Gasteiger partial charge in [0, 0.05) is 30.1 Å². The highest BCUT2D eigenvalue weighted by Crippen LogP contribution is 2.72. The van der Waals surface area contributed by atoms with Gasteiger partial charge in [-0.3, -0.25) is 14.4 Å². The van der Waals surface area contributed by atoms with E-state index in [1.165, 1.54) is 0 Å². The Bertz CT molecular complexity index is 858. The molecule has 5 aliphatic rings. The molecule has 6 atom stereocenters. The van der Waals surface area contributed by atoms with Crippen LogP contribution >= 0.6 is 0 Å². The molecule has 0 aromatic carbocycles. The van der Waals surface area contributed by atoms with Gasteiger partial charge in [0.05, 0.1) is 18.6 Å². The number of allylic oxidation sites excluding steroid dienone is 2. The minimum atomic E-state index is -0.570. The van der Waals surface area contributed by atoms with E-state index in [1.54, 1.807) is 6.92 Å². The van der Waals surface area contributed by atoms with Crippen molar-refractivity contribution < 1.29 is 23.9 Å². The molecule has 0 aromatic rings. The Morgan fingerprint density at radius 2 is 1.66 bits per heavy atom. The van der Waals surface area contributed by atoms with Crippen LogP contribution < -0.4 is 0 Å². The summed E-state index contributed by atoms with van der Waals surface area (Å²) in [6.07, 6.45) is 6.64. The van der Waals surface area contributed by atoms with Gasteiger partial charge in [0.25, 0.3) is 0 Å². The summed E-state index contributed by atoms with van der Waals surface area (Å²) in [5, 5.41) is 0. The Morgan fingerprint density at radius 1 is 1.00 bits per heavy atom. The van der Waals surface area contributed by atoms with Crippen molar-refractivity contribution in [3.8, 4) is 0 Å². The van der Waals surface area contributed by atoms with Crippen LogP contribution in [-0.2, 0) is 23.9 Å². The first-order chi connectivity index (χ1) is 15.1. The van der Waals surface area contributed by atoms with Crippen LogP contribution in [0.2, 0.25) is 0 Å². The van der Waals surface area contributed by atoms with Gasteiger partial charge in [-0.1, -0.05) is 40.3 Å². The van der Waals surface area contributed by atoms with Crippen molar-refractivity contribution in [2.24, 2.45) is 34.0 Å². The van der Waals surface area contributed by atoms with Crippen molar-refractivity contribution in [2.75, 3.05) is 13.2 Å². The van der Waals surface area contributed by atoms with Crippen LogP contribution in [0.3, 0.4) is 0 Å². The Balaban J connectivity index is 1.77. The molecule has 0 N–H and O–H groups in total. The van der Waals surface area contributed by atoms with E-state index in [9.17, 15) is 14.4 Å². The smallest absolute Gasteiger partial charge is 0.305 e. The number of fused-ring (bicyclic) bond motifs is 3. The van der Waals surface area contributed by atoms with E-state index in [-0.39, 0.29) is 40.4 Å². The first kappa shape index (κ1) is 23.3.